The van der Waals surface area contributed by atoms with Gasteiger partial charge in [0.1, 0.15) is 12.1 Å². The molecule has 2 heterocycles. The molecule has 146 valence electrons. The van der Waals surface area contributed by atoms with Crippen molar-refractivity contribution in [1.82, 2.24) is 14.2 Å². The molecule has 2 aromatic carbocycles. The lowest BCUT2D eigenvalue weighted by molar-refractivity contribution is -0.116. The smallest absolute Gasteiger partial charge is 0.277 e. The molecule has 0 saturated heterocycles. The number of hydrogen-bond donors (Lipinski definition) is 1. The second kappa shape index (κ2) is 7.56. The first-order chi connectivity index (χ1) is 13.9. The highest BCUT2D eigenvalue weighted by Gasteiger charge is 2.12. The van der Waals surface area contributed by atoms with Gasteiger partial charge in [-0.25, -0.2) is 4.52 Å². The van der Waals surface area contributed by atoms with Crippen LogP contribution in [-0.2, 0) is 11.3 Å². The number of amides is 1. The van der Waals surface area contributed by atoms with Crippen LogP contribution < -0.4 is 10.9 Å². The molecule has 7 heteroatoms. The number of rotatable bonds is 4. The molecule has 0 radical (unpaired) electrons. The van der Waals surface area contributed by atoms with Gasteiger partial charge in [0, 0.05) is 28.7 Å². The standard InChI is InChI=1S/C22H19ClN4O2/c1-14-3-8-18(15(2)11-14)24-21(28)13-26-9-10-27-20(22(26)29)12-19(25-27)16-4-6-17(23)7-5-16/h3-12H,13H2,1-2H3,(H,24,28). The van der Waals surface area contributed by atoms with E-state index in [0.717, 1.165) is 22.4 Å². The zero-order valence-corrected chi connectivity index (χ0v) is 16.8. The van der Waals surface area contributed by atoms with Crippen molar-refractivity contribution >= 4 is 28.7 Å². The summed E-state index contributed by atoms with van der Waals surface area (Å²) < 4.78 is 2.90. The van der Waals surface area contributed by atoms with Crippen LogP contribution in [0.5, 0.6) is 0 Å². The molecule has 0 aliphatic heterocycles. The molecule has 0 fully saturated rings. The van der Waals surface area contributed by atoms with E-state index >= 15 is 0 Å². The molecule has 4 aromatic rings. The van der Waals surface area contributed by atoms with Crippen molar-refractivity contribution in [3.63, 3.8) is 0 Å². The summed E-state index contributed by atoms with van der Waals surface area (Å²) in [5, 5.41) is 7.94. The van der Waals surface area contributed by atoms with Crippen LogP contribution in [0.15, 0.2) is 65.7 Å². The van der Waals surface area contributed by atoms with Gasteiger partial charge in [-0.3, -0.25) is 9.59 Å². The monoisotopic (exact) mass is 406 g/mol. The summed E-state index contributed by atoms with van der Waals surface area (Å²) in [7, 11) is 0. The fourth-order valence-corrected chi connectivity index (χ4v) is 3.34. The SMILES string of the molecule is Cc1ccc(NC(=O)Cn2ccn3nc(-c4ccc(Cl)cc4)cc3c2=O)c(C)c1. The van der Waals surface area contributed by atoms with Crippen LogP contribution in [0.25, 0.3) is 16.8 Å². The number of carbonyl (C=O) groups excluding carboxylic acids is 1. The van der Waals surface area contributed by atoms with Crippen LogP contribution in [0.4, 0.5) is 5.69 Å². The molecule has 0 bridgehead atoms. The van der Waals surface area contributed by atoms with E-state index in [1.165, 1.54) is 9.08 Å². The average Bonchev–Trinajstić information content (AvgIpc) is 3.12. The van der Waals surface area contributed by atoms with Gasteiger partial charge < -0.3 is 9.88 Å². The summed E-state index contributed by atoms with van der Waals surface area (Å²) in [5.74, 6) is -0.263. The van der Waals surface area contributed by atoms with E-state index in [2.05, 4.69) is 10.4 Å². The highest BCUT2D eigenvalue weighted by molar-refractivity contribution is 6.30. The van der Waals surface area contributed by atoms with Gasteiger partial charge in [-0.2, -0.15) is 5.10 Å². The van der Waals surface area contributed by atoms with E-state index < -0.39 is 0 Å². The molecule has 2 aromatic heterocycles. The molecule has 0 aliphatic carbocycles. The Kier molecular flexibility index (Phi) is 4.94. The third kappa shape index (κ3) is 3.93. The average molecular weight is 407 g/mol. The number of fused-ring (bicyclic) bond motifs is 1. The van der Waals surface area contributed by atoms with Gasteiger partial charge in [0.25, 0.3) is 5.56 Å². The van der Waals surface area contributed by atoms with Gasteiger partial charge in [-0.15, -0.1) is 0 Å². The minimum absolute atomic E-state index is 0.0793. The fourth-order valence-electron chi connectivity index (χ4n) is 3.21. The molecule has 4 rings (SSSR count). The van der Waals surface area contributed by atoms with Crippen molar-refractivity contribution in [3.8, 4) is 11.3 Å². The maximum absolute atomic E-state index is 12.8. The number of nitrogens with zero attached hydrogens (tertiary/aromatic N) is 3. The Hall–Kier alpha value is -3.38. The largest absolute Gasteiger partial charge is 0.324 e. The van der Waals surface area contributed by atoms with Crippen LogP contribution in [-0.4, -0.2) is 20.1 Å². The molecule has 6 nitrogen and oxygen atoms in total. The first kappa shape index (κ1) is 19.0. The topological polar surface area (TPSA) is 68.4 Å². The summed E-state index contributed by atoms with van der Waals surface area (Å²) in [6.07, 6.45) is 3.23. The minimum atomic E-state index is -0.281. The van der Waals surface area contributed by atoms with E-state index in [0.29, 0.717) is 16.2 Å². The van der Waals surface area contributed by atoms with Gasteiger partial charge in [0.2, 0.25) is 5.91 Å². The Bertz CT molecular complexity index is 1270. The van der Waals surface area contributed by atoms with Crippen molar-refractivity contribution in [2.75, 3.05) is 5.32 Å². The Labute approximate surface area is 172 Å². The summed E-state index contributed by atoms with van der Waals surface area (Å²) in [4.78, 5) is 25.3. The van der Waals surface area contributed by atoms with Crippen molar-refractivity contribution < 1.29 is 4.79 Å². The predicted octanol–water partition coefficient (Wildman–Crippen LogP) is 4.07. The molecular weight excluding hydrogens is 388 g/mol. The van der Waals surface area contributed by atoms with Crippen LogP contribution in [0.2, 0.25) is 5.02 Å². The molecule has 0 saturated carbocycles. The molecule has 0 spiro atoms. The van der Waals surface area contributed by atoms with E-state index in [9.17, 15) is 9.59 Å². The number of nitrogens with one attached hydrogen (secondary N) is 1. The summed E-state index contributed by atoms with van der Waals surface area (Å²) in [6.45, 7) is 3.85. The fraction of sp³-hybridized carbons (Fsp3) is 0.136. The van der Waals surface area contributed by atoms with Gasteiger partial charge in [-0.05, 0) is 43.7 Å². The second-order valence-electron chi connectivity index (χ2n) is 6.96. The molecule has 1 amide bonds. The number of benzene rings is 2. The molecule has 0 unspecified atom stereocenters. The normalized spacial score (nSPS) is 11.0. The Morgan fingerprint density at radius 1 is 1.07 bits per heavy atom. The van der Waals surface area contributed by atoms with Crippen LogP contribution in [0.1, 0.15) is 11.1 Å². The first-order valence-electron chi connectivity index (χ1n) is 9.12. The number of aromatic nitrogens is 3. The van der Waals surface area contributed by atoms with E-state index in [1.807, 2.05) is 44.2 Å². The van der Waals surface area contributed by atoms with Crippen molar-refractivity contribution in [2.45, 2.75) is 20.4 Å². The van der Waals surface area contributed by atoms with Crippen LogP contribution >= 0.6 is 11.6 Å². The zero-order valence-electron chi connectivity index (χ0n) is 16.0. The molecule has 29 heavy (non-hydrogen) atoms. The number of hydrogen-bond acceptors (Lipinski definition) is 3. The van der Waals surface area contributed by atoms with Crippen LogP contribution in [0.3, 0.4) is 0 Å². The van der Waals surface area contributed by atoms with E-state index in [4.69, 9.17) is 11.6 Å². The number of halogens is 1. The highest BCUT2D eigenvalue weighted by Crippen LogP contribution is 2.21. The third-order valence-corrected chi connectivity index (χ3v) is 4.97. The Morgan fingerprint density at radius 2 is 1.83 bits per heavy atom. The molecular formula is C22H19ClN4O2. The first-order valence-corrected chi connectivity index (χ1v) is 9.50. The van der Waals surface area contributed by atoms with E-state index in [-0.39, 0.29) is 18.0 Å². The lowest BCUT2D eigenvalue weighted by atomic mass is 10.1. The van der Waals surface area contributed by atoms with Crippen molar-refractivity contribution in [2.24, 2.45) is 0 Å². The van der Waals surface area contributed by atoms with Gasteiger partial charge in [0.05, 0.1) is 5.69 Å². The number of carbonyl (C=O) groups is 1. The maximum Gasteiger partial charge on any atom is 0.277 e. The third-order valence-electron chi connectivity index (χ3n) is 4.71. The van der Waals surface area contributed by atoms with Gasteiger partial charge in [-0.1, -0.05) is 41.4 Å². The van der Waals surface area contributed by atoms with Gasteiger partial charge >= 0.3 is 0 Å². The molecule has 0 atom stereocenters. The predicted molar refractivity (Wildman–Crippen MR) is 114 cm³/mol. The summed E-state index contributed by atoms with van der Waals surface area (Å²) >= 11 is 5.93. The number of anilines is 1. The minimum Gasteiger partial charge on any atom is -0.324 e. The summed E-state index contributed by atoms with van der Waals surface area (Å²) in [5.41, 5.74) is 4.48. The van der Waals surface area contributed by atoms with Gasteiger partial charge in [0.15, 0.2) is 0 Å². The van der Waals surface area contributed by atoms with Crippen LogP contribution in [0, 0.1) is 13.8 Å². The van der Waals surface area contributed by atoms with Crippen molar-refractivity contribution in [3.05, 3.63) is 87.4 Å². The highest BCUT2D eigenvalue weighted by atomic mass is 35.5. The number of aryl methyl sites for hydroxylation is 2. The maximum atomic E-state index is 12.8. The Morgan fingerprint density at radius 3 is 2.55 bits per heavy atom. The van der Waals surface area contributed by atoms with E-state index in [1.54, 1.807) is 30.6 Å². The lowest BCUT2D eigenvalue weighted by Crippen LogP contribution is -2.28. The van der Waals surface area contributed by atoms with Crippen molar-refractivity contribution in [1.29, 1.82) is 0 Å². The second-order valence-corrected chi connectivity index (χ2v) is 7.40. The summed E-state index contributed by atoms with van der Waals surface area (Å²) in [6, 6.07) is 14.8. The lowest BCUT2D eigenvalue weighted by Gasteiger charge is -2.10. The molecule has 1 N–H and O–H groups in total. The molecule has 0 aliphatic rings. The Balaban J connectivity index is 1.59. The zero-order chi connectivity index (χ0) is 20.5. The quantitative estimate of drug-likeness (QED) is 0.555.